The Morgan fingerprint density at radius 3 is 2.53 bits per heavy atom. The third-order valence-corrected chi connectivity index (χ3v) is 2.02. The quantitative estimate of drug-likeness (QED) is 0.695. The molecular formula is C10H21ClN2O2. The summed E-state index contributed by atoms with van der Waals surface area (Å²) in [7, 11) is 0. The van der Waals surface area contributed by atoms with E-state index in [-0.39, 0.29) is 18.5 Å². The van der Waals surface area contributed by atoms with Gasteiger partial charge in [-0.15, -0.1) is 12.4 Å². The molecule has 1 saturated heterocycles. The fourth-order valence-electron chi connectivity index (χ4n) is 1.42. The van der Waals surface area contributed by atoms with Gasteiger partial charge in [-0.1, -0.05) is 0 Å². The largest absolute Gasteiger partial charge is 0.444 e. The lowest BCUT2D eigenvalue weighted by molar-refractivity contribution is 0.0201. The molecule has 0 bridgehead atoms. The van der Waals surface area contributed by atoms with Crippen molar-refractivity contribution in [3.63, 3.8) is 0 Å². The lowest BCUT2D eigenvalue weighted by atomic mass is 10.2. The second-order valence-corrected chi connectivity index (χ2v) is 4.78. The van der Waals surface area contributed by atoms with Gasteiger partial charge in [-0.25, -0.2) is 4.79 Å². The SMILES string of the molecule is CC1CN(C(=O)OC(C)(C)C)CCN1.Cl. The van der Waals surface area contributed by atoms with Crippen LogP contribution in [0.15, 0.2) is 0 Å². The number of halogens is 1. The smallest absolute Gasteiger partial charge is 0.410 e. The number of nitrogens with one attached hydrogen (secondary N) is 1. The lowest BCUT2D eigenvalue weighted by Gasteiger charge is -2.33. The number of nitrogens with zero attached hydrogens (tertiary/aromatic N) is 1. The van der Waals surface area contributed by atoms with Gasteiger partial charge in [0.1, 0.15) is 5.60 Å². The van der Waals surface area contributed by atoms with Crippen molar-refractivity contribution in [1.29, 1.82) is 0 Å². The number of ether oxygens (including phenoxy) is 1. The summed E-state index contributed by atoms with van der Waals surface area (Å²) in [6.45, 7) is 10.0. The van der Waals surface area contributed by atoms with E-state index in [0.29, 0.717) is 6.04 Å². The van der Waals surface area contributed by atoms with Crippen LogP contribution >= 0.6 is 12.4 Å². The minimum atomic E-state index is -0.398. The van der Waals surface area contributed by atoms with Gasteiger partial charge in [-0.3, -0.25) is 0 Å². The van der Waals surface area contributed by atoms with Gasteiger partial charge in [-0.2, -0.15) is 0 Å². The molecule has 0 aromatic carbocycles. The van der Waals surface area contributed by atoms with Crippen molar-refractivity contribution in [2.75, 3.05) is 19.6 Å². The first-order valence-electron chi connectivity index (χ1n) is 5.10. The van der Waals surface area contributed by atoms with Crippen LogP contribution in [0.4, 0.5) is 4.79 Å². The van der Waals surface area contributed by atoms with Gasteiger partial charge in [0.25, 0.3) is 0 Å². The zero-order valence-corrected chi connectivity index (χ0v) is 10.7. The van der Waals surface area contributed by atoms with Crippen LogP contribution in [-0.2, 0) is 4.74 Å². The Hall–Kier alpha value is -0.480. The van der Waals surface area contributed by atoms with Crippen molar-refractivity contribution in [3.8, 4) is 0 Å². The van der Waals surface area contributed by atoms with Gasteiger partial charge in [0, 0.05) is 25.7 Å². The third kappa shape index (κ3) is 5.23. The van der Waals surface area contributed by atoms with Crippen LogP contribution in [0.2, 0.25) is 0 Å². The van der Waals surface area contributed by atoms with Crippen LogP contribution in [0.5, 0.6) is 0 Å². The van der Waals surface area contributed by atoms with Crippen molar-refractivity contribution >= 4 is 18.5 Å². The zero-order chi connectivity index (χ0) is 10.8. The van der Waals surface area contributed by atoms with E-state index in [1.165, 1.54) is 0 Å². The molecule has 0 radical (unpaired) electrons. The fraction of sp³-hybridized carbons (Fsp3) is 0.900. The van der Waals surface area contributed by atoms with Crippen molar-refractivity contribution in [1.82, 2.24) is 10.2 Å². The first kappa shape index (κ1) is 14.5. The number of carbonyl (C=O) groups excluding carboxylic acids is 1. The van der Waals surface area contributed by atoms with E-state index < -0.39 is 5.60 Å². The summed E-state index contributed by atoms with van der Waals surface area (Å²) in [6.07, 6.45) is -0.203. The molecular weight excluding hydrogens is 216 g/mol. The summed E-state index contributed by atoms with van der Waals surface area (Å²) in [6, 6.07) is 0.358. The van der Waals surface area contributed by atoms with Gasteiger partial charge in [0.05, 0.1) is 0 Å². The predicted molar refractivity (Wildman–Crippen MR) is 62.5 cm³/mol. The van der Waals surface area contributed by atoms with Crippen LogP contribution in [0.3, 0.4) is 0 Å². The van der Waals surface area contributed by atoms with E-state index in [9.17, 15) is 4.79 Å². The first-order chi connectivity index (χ1) is 6.38. The molecule has 15 heavy (non-hydrogen) atoms. The Balaban J connectivity index is 0.00000196. The molecule has 1 rings (SSSR count). The molecule has 1 heterocycles. The number of carbonyl (C=O) groups is 1. The molecule has 0 saturated carbocycles. The lowest BCUT2D eigenvalue weighted by Crippen LogP contribution is -2.52. The van der Waals surface area contributed by atoms with Gasteiger partial charge >= 0.3 is 6.09 Å². The highest BCUT2D eigenvalue weighted by atomic mass is 35.5. The molecule has 0 spiro atoms. The van der Waals surface area contributed by atoms with Crippen LogP contribution in [0, 0.1) is 0 Å². The third-order valence-electron chi connectivity index (χ3n) is 2.02. The molecule has 1 N–H and O–H groups in total. The molecule has 1 unspecified atom stereocenters. The molecule has 0 aromatic rings. The monoisotopic (exact) mass is 236 g/mol. The molecule has 4 nitrogen and oxygen atoms in total. The molecule has 5 heteroatoms. The van der Waals surface area contributed by atoms with Crippen molar-refractivity contribution in [3.05, 3.63) is 0 Å². The van der Waals surface area contributed by atoms with E-state index in [1.54, 1.807) is 4.90 Å². The number of hydrogen-bond acceptors (Lipinski definition) is 3. The number of rotatable bonds is 0. The standard InChI is InChI=1S/C10H20N2O2.ClH/c1-8-7-12(6-5-11-8)9(13)14-10(2,3)4;/h8,11H,5-7H2,1-4H3;1H. The minimum Gasteiger partial charge on any atom is -0.444 e. The van der Waals surface area contributed by atoms with E-state index in [4.69, 9.17) is 4.74 Å². The summed E-state index contributed by atoms with van der Waals surface area (Å²) in [5.74, 6) is 0. The van der Waals surface area contributed by atoms with E-state index in [2.05, 4.69) is 12.2 Å². The Morgan fingerprint density at radius 2 is 2.07 bits per heavy atom. The van der Waals surface area contributed by atoms with Crippen LogP contribution in [0.1, 0.15) is 27.7 Å². The van der Waals surface area contributed by atoms with Gasteiger partial charge < -0.3 is 15.0 Å². The molecule has 1 aliphatic heterocycles. The second-order valence-electron chi connectivity index (χ2n) is 4.78. The molecule has 1 aliphatic rings. The Labute approximate surface area is 97.8 Å². The average molecular weight is 237 g/mol. The maximum Gasteiger partial charge on any atom is 0.410 e. The Morgan fingerprint density at radius 1 is 1.47 bits per heavy atom. The molecule has 1 fully saturated rings. The Kier molecular flexibility index (Phi) is 5.38. The van der Waals surface area contributed by atoms with Crippen LogP contribution in [-0.4, -0.2) is 42.3 Å². The average Bonchev–Trinajstić information content (AvgIpc) is 2.01. The van der Waals surface area contributed by atoms with E-state index in [0.717, 1.165) is 19.6 Å². The summed E-state index contributed by atoms with van der Waals surface area (Å²) >= 11 is 0. The fourth-order valence-corrected chi connectivity index (χ4v) is 1.42. The van der Waals surface area contributed by atoms with Gasteiger partial charge in [0.2, 0.25) is 0 Å². The van der Waals surface area contributed by atoms with Gasteiger partial charge in [0.15, 0.2) is 0 Å². The van der Waals surface area contributed by atoms with Crippen LogP contribution in [0.25, 0.3) is 0 Å². The molecule has 0 aliphatic carbocycles. The molecule has 90 valence electrons. The summed E-state index contributed by atoms with van der Waals surface area (Å²) in [4.78, 5) is 13.4. The van der Waals surface area contributed by atoms with Crippen molar-refractivity contribution in [2.24, 2.45) is 0 Å². The maximum absolute atomic E-state index is 11.6. The Bertz CT molecular complexity index is 216. The van der Waals surface area contributed by atoms with Gasteiger partial charge in [-0.05, 0) is 27.7 Å². The highest BCUT2D eigenvalue weighted by Crippen LogP contribution is 2.11. The van der Waals surface area contributed by atoms with Crippen molar-refractivity contribution < 1.29 is 9.53 Å². The normalized spacial score (nSPS) is 21.9. The minimum absolute atomic E-state index is 0. The van der Waals surface area contributed by atoms with E-state index in [1.807, 2.05) is 20.8 Å². The number of piperazine rings is 1. The highest BCUT2D eigenvalue weighted by Gasteiger charge is 2.25. The topological polar surface area (TPSA) is 41.6 Å². The summed E-state index contributed by atoms with van der Waals surface area (Å²) < 4.78 is 5.28. The van der Waals surface area contributed by atoms with Crippen molar-refractivity contribution in [2.45, 2.75) is 39.3 Å². The van der Waals surface area contributed by atoms with E-state index >= 15 is 0 Å². The first-order valence-corrected chi connectivity index (χ1v) is 5.10. The molecule has 1 atom stereocenters. The summed E-state index contributed by atoms with van der Waals surface area (Å²) in [5, 5.41) is 3.28. The zero-order valence-electron chi connectivity index (χ0n) is 9.87. The predicted octanol–water partition coefficient (Wildman–Crippen LogP) is 1.64. The number of hydrogen-bond donors (Lipinski definition) is 1. The maximum atomic E-state index is 11.6. The van der Waals surface area contributed by atoms with Crippen LogP contribution < -0.4 is 5.32 Å². The molecule has 0 aromatic heterocycles. The summed E-state index contributed by atoms with van der Waals surface area (Å²) in [5.41, 5.74) is -0.398. The molecule has 1 amide bonds. The number of amides is 1. The second kappa shape index (κ2) is 5.56. The highest BCUT2D eigenvalue weighted by molar-refractivity contribution is 5.85.